The fourth-order valence-electron chi connectivity index (χ4n) is 2.16. The van der Waals surface area contributed by atoms with Crippen LogP contribution in [-0.4, -0.2) is 6.04 Å². The van der Waals surface area contributed by atoms with E-state index in [0.717, 1.165) is 11.8 Å². The lowest BCUT2D eigenvalue weighted by atomic mass is 9.62. The van der Waals surface area contributed by atoms with Crippen LogP contribution in [0.25, 0.3) is 0 Å². The molecule has 1 rings (SSSR count). The summed E-state index contributed by atoms with van der Waals surface area (Å²) in [4.78, 5) is 0. The van der Waals surface area contributed by atoms with Crippen LogP contribution in [0.1, 0.15) is 47.0 Å². The van der Waals surface area contributed by atoms with Crippen molar-refractivity contribution in [1.29, 1.82) is 0 Å². The minimum atomic E-state index is 0.399. The normalized spacial score (nSPS) is 32.8. The Balaban J connectivity index is 2.20. The van der Waals surface area contributed by atoms with Gasteiger partial charge in [0.15, 0.2) is 0 Å². The summed E-state index contributed by atoms with van der Waals surface area (Å²) in [5, 5.41) is 0. The van der Waals surface area contributed by atoms with Crippen molar-refractivity contribution in [3.63, 3.8) is 0 Å². The number of hydrogen-bond acceptors (Lipinski definition) is 1. The Hall–Kier alpha value is -0.0400. The summed E-state index contributed by atoms with van der Waals surface area (Å²) < 4.78 is 0. The molecule has 1 aliphatic carbocycles. The quantitative estimate of drug-likeness (QED) is 0.676. The van der Waals surface area contributed by atoms with Gasteiger partial charge in [0.25, 0.3) is 0 Å². The van der Waals surface area contributed by atoms with Crippen molar-refractivity contribution in [2.75, 3.05) is 0 Å². The maximum absolute atomic E-state index is 5.76. The van der Waals surface area contributed by atoms with E-state index in [4.69, 9.17) is 5.73 Å². The third-order valence-electron chi connectivity index (χ3n) is 3.17. The Morgan fingerprint density at radius 2 is 1.83 bits per heavy atom. The van der Waals surface area contributed by atoms with Crippen molar-refractivity contribution >= 4 is 0 Å². The summed E-state index contributed by atoms with van der Waals surface area (Å²) >= 11 is 0. The molecule has 1 aliphatic rings. The molecule has 1 unspecified atom stereocenters. The molecule has 1 heteroatoms. The van der Waals surface area contributed by atoms with E-state index < -0.39 is 0 Å². The Labute approximate surface area is 76.7 Å². The van der Waals surface area contributed by atoms with Crippen LogP contribution in [0.5, 0.6) is 0 Å². The van der Waals surface area contributed by atoms with Gasteiger partial charge in [-0.25, -0.2) is 0 Å². The van der Waals surface area contributed by atoms with Crippen LogP contribution >= 0.6 is 0 Å². The first-order valence-electron chi connectivity index (χ1n) is 5.15. The van der Waals surface area contributed by atoms with Gasteiger partial charge in [-0.2, -0.15) is 0 Å². The summed E-state index contributed by atoms with van der Waals surface area (Å²) in [6.07, 6.45) is 4.04. The third kappa shape index (κ3) is 2.48. The SMILES string of the molecule is CC(N)CC1CC(C(C)(C)C)C1. The molecule has 0 aromatic rings. The minimum Gasteiger partial charge on any atom is -0.328 e. The standard InChI is InChI=1S/C11H23N/c1-8(12)5-9-6-10(7-9)11(2,3)4/h8-10H,5-7,12H2,1-4H3. The van der Waals surface area contributed by atoms with Crippen LogP contribution in [0, 0.1) is 17.3 Å². The van der Waals surface area contributed by atoms with Crippen LogP contribution < -0.4 is 5.73 Å². The highest BCUT2D eigenvalue weighted by Crippen LogP contribution is 2.46. The van der Waals surface area contributed by atoms with Crippen molar-refractivity contribution in [3.05, 3.63) is 0 Å². The highest BCUT2D eigenvalue weighted by molar-refractivity contribution is 4.88. The van der Waals surface area contributed by atoms with Crippen LogP contribution in [-0.2, 0) is 0 Å². The molecule has 1 atom stereocenters. The van der Waals surface area contributed by atoms with Gasteiger partial charge in [0, 0.05) is 6.04 Å². The lowest BCUT2D eigenvalue weighted by molar-refractivity contribution is 0.0679. The highest BCUT2D eigenvalue weighted by Gasteiger charge is 2.36. The fraction of sp³-hybridized carbons (Fsp3) is 1.00. The van der Waals surface area contributed by atoms with Crippen LogP contribution in [0.2, 0.25) is 0 Å². The van der Waals surface area contributed by atoms with Crippen molar-refractivity contribution in [3.8, 4) is 0 Å². The molecule has 0 aliphatic heterocycles. The molecule has 2 N–H and O–H groups in total. The van der Waals surface area contributed by atoms with Gasteiger partial charge in [-0.1, -0.05) is 20.8 Å². The summed E-state index contributed by atoms with van der Waals surface area (Å²) in [6, 6.07) is 0.399. The Bertz CT molecular complexity index is 138. The van der Waals surface area contributed by atoms with Crippen molar-refractivity contribution < 1.29 is 0 Å². The molecule has 1 saturated carbocycles. The molecule has 0 spiro atoms. The van der Waals surface area contributed by atoms with Gasteiger partial charge in [0.05, 0.1) is 0 Å². The van der Waals surface area contributed by atoms with E-state index in [-0.39, 0.29) is 0 Å². The predicted octanol–water partition coefficient (Wildman–Crippen LogP) is 2.80. The zero-order valence-electron chi connectivity index (χ0n) is 8.93. The largest absolute Gasteiger partial charge is 0.328 e. The molecule has 12 heavy (non-hydrogen) atoms. The molecule has 0 bridgehead atoms. The van der Waals surface area contributed by atoms with Crippen molar-refractivity contribution in [1.82, 2.24) is 0 Å². The predicted molar refractivity (Wildman–Crippen MR) is 53.9 cm³/mol. The van der Waals surface area contributed by atoms with E-state index in [1.165, 1.54) is 19.3 Å². The first-order valence-corrected chi connectivity index (χ1v) is 5.15. The van der Waals surface area contributed by atoms with Gasteiger partial charge in [0.2, 0.25) is 0 Å². The molecule has 1 nitrogen and oxygen atoms in total. The minimum absolute atomic E-state index is 0.399. The van der Waals surface area contributed by atoms with Crippen LogP contribution in [0.3, 0.4) is 0 Å². The number of hydrogen-bond donors (Lipinski definition) is 1. The Morgan fingerprint density at radius 1 is 1.33 bits per heavy atom. The second kappa shape index (κ2) is 3.37. The van der Waals surface area contributed by atoms with Gasteiger partial charge in [-0.3, -0.25) is 0 Å². The first kappa shape index (κ1) is 10.0. The molecule has 1 fully saturated rings. The summed E-state index contributed by atoms with van der Waals surface area (Å²) in [6.45, 7) is 9.16. The summed E-state index contributed by atoms with van der Waals surface area (Å²) in [5.41, 5.74) is 6.28. The lowest BCUT2D eigenvalue weighted by Crippen LogP contribution is -2.36. The lowest BCUT2D eigenvalue weighted by Gasteiger charge is -2.44. The van der Waals surface area contributed by atoms with E-state index >= 15 is 0 Å². The number of nitrogens with two attached hydrogens (primary N) is 1. The number of rotatable bonds is 2. The topological polar surface area (TPSA) is 26.0 Å². The van der Waals surface area contributed by atoms with E-state index in [0.29, 0.717) is 11.5 Å². The maximum Gasteiger partial charge on any atom is 0.00131 e. The third-order valence-corrected chi connectivity index (χ3v) is 3.17. The van der Waals surface area contributed by atoms with E-state index in [2.05, 4.69) is 27.7 Å². The molecular weight excluding hydrogens is 146 g/mol. The van der Waals surface area contributed by atoms with Crippen LogP contribution in [0.4, 0.5) is 0 Å². The van der Waals surface area contributed by atoms with Gasteiger partial charge in [-0.15, -0.1) is 0 Å². The molecule has 0 aromatic heterocycles. The van der Waals surface area contributed by atoms with E-state index in [1.54, 1.807) is 0 Å². The van der Waals surface area contributed by atoms with Gasteiger partial charge in [-0.05, 0) is 43.4 Å². The average molecular weight is 169 g/mol. The molecule has 0 amide bonds. The molecule has 0 heterocycles. The van der Waals surface area contributed by atoms with E-state index in [9.17, 15) is 0 Å². The second-order valence-electron chi connectivity index (χ2n) is 5.61. The zero-order chi connectivity index (χ0) is 9.35. The second-order valence-corrected chi connectivity index (χ2v) is 5.61. The van der Waals surface area contributed by atoms with Crippen LogP contribution in [0.15, 0.2) is 0 Å². The van der Waals surface area contributed by atoms with Gasteiger partial charge in [0.1, 0.15) is 0 Å². The Morgan fingerprint density at radius 3 is 2.17 bits per heavy atom. The molecule has 0 saturated heterocycles. The van der Waals surface area contributed by atoms with Gasteiger partial charge < -0.3 is 5.73 Å². The van der Waals surface area contributed by atoms with Gasteiger partial charge >= 0.3 is 0 Å². The first-order chi connectivity index (χ1) is 5.39. The van der Waals surface area contributed by atoms with Crippen molar-refractivity contribution in [2.24, 2.45) is 23.0 Å². The monoisotopic (exact) mass is 169 g/mol. The highest BCUT2D eigenvalue weighted by atomic mass is 14.6. The van der Waals surface area contributed by atoms with Crippen molar-refractivity contribution in [2.45, 2.75) is 53.0 Å². The molecular formula is C11H23N. The molecule has 0 aromatic carbocycles. The average Bonchev–Trinajstić information content (AvgIpc) is 1.73. The Kier molecular flexibility index (Phi) is 2.82. The maximum atomic E-state index is 5.76. The molecule has 0 radical (unpaired) electrons. The summed E-state index contributed by atoms with van der Waals surface area (Å²) in [5.74, 6) is 1.87. The zero-order valence-corrected chi connectivity index (χ0v) is 8.93. The summed E-state index contributed by atoms with van der Waals surface area (Å²) in [7, 11) is 0. The fourth-order valence-corrected chi connectivity index (χ4v) is 2.16. The molecule has 72 valence electrons. The smallest absolute Gasteiger partial charge is 0.00131 e. The van der Waals surface area contributed by atoms with E-state index in [1.807, 2.05) is 0 Å².